The number of nitrogens with zero attached hydrogens (tertiary/aromatic N) is 1. The van der Waals surface area contributed by atoms with Crippen LogP contribution in [0, 0.1) is 57.2 Å². The molecule has 0 saturated heterocycles. The normalized spacial score (nSPS) is 49.8. The molecule has 0 heterocycles. The number of allylic oxidation sites excluding steroid dienone is 1. The minimum absolute atomic E-state index is 0.140. The van der Waals surface area contributed by atoms with Crippen molar-refractivity contribution in [3.05, 3.63) is 11.6 Å². The third kappa shape index (κ3) is 1.56. The summed E-state index contributed by atoms with van der Waals surface area (Å²) in [5, 5.41) is 21.1. The highest BCUT2D eigenvalue weighted by Crippen LogP contribution is 2.83. The molecule has 4 aliphatic carbocycles. The number of hydrogen-bond acceptors (Lipinski definition) is 3. The molecule has 3 fully saturated rings. The standard InChI is InChI=1S/C21H29NO3/c1-12(2)17-7-14-8-19(10-22)16-6-5-13(3)15(16)9-20(14,11-25-4)21(17,19)18(23)24/h7,12-16H,5-6,8-9,11H2,1-4H3,(H,23,24)/t13-,14+,15?,16-,19-,20+,21+/m1/s1. The van der Waals surface area contributed by atoms with Crippen LogP contribution in [-0.2, 0) is 9.53 Å². The molecule has 0 aromatic carbocycles. The van der Waals surface area contributed by atoms with Crippen molar-refractivity contribution < 1.29 is 14.6 Å². The van der Waals surface area contributed by atoms with Crippen LogP contribution >= 0.6 is 0 Å². The molecule has 4 aliphatic rings. The van der Waals surface area contributed by atoms with Gasteiger partial charge >= 0.3 is 5.97 Å². The molecule has 0 aliphatic heterocycles. The van der Waals surface area contributed by atoms with Crippen molar-refractivity contribution in [1.82, 2.24) is 0 Å². The van der Waals surface area contributed by atoms with Crippen LogP contribution in [0.5, 0.6) is 0 Å². The van der Waals surface area contributed by atoms with E-state index in [1.54, 1.807) is 7.11 Å². The van der Waals surface area contributed by atoms with Gasteiger partial charge in [-0.15, -0.1) is 0 Å². The predicted octanol–water partition coefficient (Wildman–Crippen LogP) is 3.88. The highest BCUT2D eigenvalue weighted by atomic mass is 16.5. The number of carboxylic acid groups (broad SMARTS) is 1. The second-order valence-corrected chi connectivity index (χ2v) is 9.34. The fourth-order valence-corrected chi connectivity index (χ4v) is 7.80. The third-order valence-corrected chi connectivity index (χ3v) is 8.44. The molecular formula is C21H29NO3. The Morgan fingerprint density at radius 3 is 2.72 bits per heavy atom. The van der Waals surface area contributed by atoms with Gasteiger partial charge in [0.2, 0.25) is 0 Å². The number of fused-ring (bicyclic) bond motifs is 2. The van der Waals surface area contributed by atoms with Gasteiger partial charge in [-0.2, -0.15) is 5.26 Å². The zero-order valence-electron chi connectivity index (χ0n) is 15.7. The number of aliphatic carboxylic acids is 1. The first kappa shape index (κ1) is 17.1. The Hall–Kier alpha value is -1.34. The lowest BCUT2D eigenvalue weighted by Crippen LogP contribution is -2.62. The van der Waals surface area contributed by atoms with Gasteiger partial charge in [0.05, 0.1) is 18.1 Å². The highest BCUT2D eigenvalue weighted by molar-refractivity contribution is 5.85. The number of methoxy groups -OCH3 is 1. The van der Waals surface area contributed by atoms with Crippen LogP contribution in [-0.4, -0.2) is 24.8 Å². The van der Waals surface area contributed by atoms with Crippen LogP contribution in [0.4, 0.5) is 0 Å². The van der Waals surface area contributed by atoms with Crippen LogP contribution in [0.15, 0.2) is 11.6 Å². The van der Waals surface area contributed by atoms with E-state index in [-0.39, 0.29) is 17.8 Å². The van der Waals surface area contributed by atoms with Gasteiger partial charge in [0, 0.05) is 12.5 Å². The fraction of sp³-hybridized carbons (Fsp3) is 0.810. The van der Waals surface area contributed by atoms with Gasteiger partial charge in [-0.05, 0) is 48.9 Å². The summed E-state index contributed by atoms with van der Waals surface area (Å²) in [5.74, 6) is 0.733. The van der Waals surface area contributed by atoms with Gasteiger partial charge in [0.25, 0.3) is 0 Å². The summed E-state index contributed by atoms with van der Waals surface area (Å²) in [4.78, 5) is 13.0. The minimum atomic E-state index is -1.07. The number of hydrogen-bond donors (Lipinski definition) is 1. The molecule has 0 amide bonds. The number of nitriles is 1. The average molecular weight is 343 g/mol. The lowest BCUT2D eigenvalue weighted by Gasteiger charge is -2.57. The summed E-state index contributed by atoms with van der Waals surface area (Å²) in [6.45, 7) is 6.88. The predicted molar refractivity (Wildman–Crippen MR) is 93.4 cm³/mol. The Labute approximate surface area is 150 Å². The molecule has 136 valence electrons. The Balaban J connectivity index is 2.02. The van der Waals surface area contributed by atoms with Crippen LogP contribution < -0.4 is 0 Å². The Morgan fingerprint density at radius 1 is 1.44 bits per heavy atom. The van der Waals surface area contributed by atoms with Crippen molar-refractivity contribution in [3.63, 3.8) is 0 Å². The van der Waals surface area contributed by atoms with Crippen molar-refractivity contribution >= 4 is 5.97 Å². The summed E-state index contributed by atoms with van der Waals surface area (Å²) < 4.78 is 5.65. The maximum absolute atomic E-state index is 13.0. The van der Waals surface area contributed by atoms with Gasteiger partial charge in [-0.3, -0.25) is 4.79 Å². The van der Waals surface area contributed by atoms with Crippen molar-refractivity contribution in [3.8, 4) is 6.07 Å². The largest absolute Gasteiger partial charge is 0.481 e. The fourth-order valence-electron chi connectivity index (χ4n) is 7.80. The summed E-state index contributed by atoms with van der Waals surface area (Å²) in [5.41, 5.74) is -1.31. The van der Waals surface area contributed by atoms with Crippen molar-refractivity contribution in [1.29, 1.82) is 5.26 Å². The molecule has 4 nitrogen and oxygen atoms in total. The van der Waals surface area contributed by atoms with E-state index in [1.807, 2.05) is 0 Å². The maximum atomic E-state index is 13.0. The van der Waals surface area contributed by atoms with E-state index in [4.69, 9.17) is 4.74 Å². The van der Waals surface area contributed by atoms with E-state index >= 15 is 0 Å². The number of carbonyl (C=O) groups is 1. The first-order chi connectivity index (χ1) is 11.8. The molecule has 1 N–H and O–H groups in total. The second-order valence-electron chi connectivity index (χ2n) is 9.34. The average Bonchev–Trinajstić information content (AvgIpc) is 3.12. The summed E-state index contributed by atoms with van der Waals surface area (Å²) in [6, 6.07) is 2.65. The van der Waals surface area contributed by atoms with Gasteiger partial charge in [-0.25, -0.2) is 0 Å². The van der Waals surface area contributed by atoms with E-state index in [9.17, 15) is 15.2 Å². The second kappa shape index (κ2) is 5.10. The van der Waals surface area contributed by atoms with Crippen molar-refractivity contribution in [2.45, 2.75) is 46.5 Å². The van der Waals surface area contributed by atoms with Gasteiger partial charge < -0.3 is 9.84 Å². The summed E-state index contributed by atoms with van der Waals surface area (Å²) in [7, 11) is 1.68. The zero-order chi connectivity index (χ0) is 18.2. The first-order valence-electron chi connectivity index (χ1n) is 9.68. The smallest absolute Gasteiger partial charge is 0.316 e. The molecule has 0 aromatic rings. The molecule has 0 aromatic heterocycles. The van der Waals surface area contributed by atoms with Gasteiger partial charge in [-0.1, -0.05) is 38.8 Å². The topological polar surface area (TPSA) is 70.3 Å². The molecule has 1 unspecified atom stereocenters. The molecule has 4 bridgehead atoms. The highest BCUT2D eigenvalue weighted by Gasteiger charge is 2.84. The van der Waals surface area contributed by atoms with E-state index in [1.165, 1.54) is 0 Å². The van der Waals surface area contributed by atoms with Crippen LogP contribution in [0.2, 0.25) is 0 Å². The molecule has 4 heteroatoms. The third-order valence-electron chi connectivity index (χ3n) is 8.44. The molecule has 7 atom stereocenters. The van der Waals surface area contributed by atoms with Crippen LogP contribution in [0.25, 0.3) is 0 Å². The van der Waals surface area contributed by atoms with Gasteiger partial charge in [0.15, 0.2) is 0 Å². The Bertz CT molecular complexity index is 692. The van der Waals surface area contributed by atoms with Crippen molar-refractivity contribution in [2.75, 3.05) is 13.7 Å². The van der Waals surface area contributed by atoms with Gasteiger partial charge in [0.1, 0.15) is 5.41 Å². The number of carboxylic acids is 1. The SMILES string of the molecule is COC[C@@]12CC3[C@H](C)CC[C@H]3[C@]3(C#N)C[C@@H]1C=C(C(C)C)[C@@]23C(=O)O. The molecule has 0 spiro atoms. The van der Waals surface area contributed by atoms with Crippen molar-refractivity contribution in [2.24, 2.45) is 45.8 Å². The quantitative estimate of drug-likeness (QED) is 0.786. The lowest BCUT2D eigenvalue weighted by molar-refractivity contribution is -0.177. The monoisotopic (exact) mass is 343 g/mol. The van der Waals surface area contributed by atoms with E-state index < -0.39 is 22.2 Å². The van der Waals surface area contributed by atoms with E-state index in [2.05, 4.69) is 32.9 Å². The zero-order valence-corrected chi connectivity index (χ0v) is 15.7. The minimum Gasteiger partial charge on any atom is -0.481 e. The van der Waals surface area contributed by atoms with Crippen LogP contribution in [0.1, 0.15) is 46.5 Å². The Morgan fingerprint density at radius 2 is 2.16 bits per heavy atom. The first-order valence-corrected chi connectivity index (χ1v) is 9.68. The van der Waals surface area contributed by atoms with Crippen LogP contribution in [0.3, 0.4) is 0 Å². The molecular weight excluding hydrogens is 314 g/mol. The number of ether oxygens (including phenoxy) is 1. The lowest BCUT2D eigenvalue weighted by atomic mass is 9.43. The molecule has 25 heavy (non-hydrogen) atoms. The molecule has 4 rings (SSSR count). The molecule has 0 radical (unpaired) electrons. The Kier molecular flexibility index (Phi) is 3.49. The summed E-state index contributed by atoms with van der Waals surface area (Å²) in [6.07, 6.45) is 5.92. The number of rotatable bonds is 4. The van der Waals surface area contributed by atoms with E-state index in [0.29, 0.717) is 24.9 Å². The molecule has 3 saturated carbocycles. The van der Waals surface area contributed by atoms with E-state index in [0.717, 1.165) is 24.8 Å². The maximum Gasteiger partial charge on any atom is 0.316 e. The summed E-state index contributed by atoms with van der Waals surface area (Å²) >= 11 is 0.